The number of amides is 1. The van der Waals surface area contributed by atoms with E-state index in [0.717, 1.165) is 5.57 Å². The van der Waals surface area contributed by atoms with Crippen LogP contribution in [0.5, 0.6) is 0 Å². The quantitative estimate of drug-likeness (QED) is 0.236. The van der Waals surface area contributed by atoms with Crippen molar-refractivity contribution in [3.63, 3.8) is 0 Å². The van der Waals surface area contributed by atoms with Crippen molar-refractivity contribution >= 4 is 52.0 Å². The standard InChI is InChI=1S/C18H29N5O5S2Si2/c1-22-18(19-13(24)14(25)20-22)30-9-10-8-29-16-11(21-31(2,3)4)15(26)23(16)12(10)17(27)28-32(5,6)7/h11,16,21H,8-9H2,1-7H3,(H,20,25)/t11-,16-/m1/s1. The number of β-lactam (4-membered cyclic amide) rings is 1. The molecule has 1 fully saturated rings. The second-order valence-corrected chi connectivity index (χ2v) is 21.0. The number of aromatic amines is 1. The summed E-state index contributed by atoms with van der Waals surface area (Å²) in [4.78, 5) is 58.1. The Morgan fingerprint density at radius 1 is 1.25 bits per heavy atom. The maximum atomic E-state index is 13.1. The molecule has 0 unspecified atom stereocenters. The largest absolute Gasteiger partial charge is 0.515 e. The first-order valence-corrected chi connectivity index (χ1v) is 19.1. The molecule has 3 heterocycles. The maximum Gasteiger partial charge on any atom is 0.341 e. The van der Waals surface area contributed by atoms with Crippen molar-refractivity contribution in [2.24, 2.45) is 7.05 Å². The molecule has 14 heteroatoms. The van der Waals surface area contributed by atoms with Gasteiger partial charge in [0.25, 0.3) is 0 Å². The first kappa shape index (κ1) is 25.0. The summed E-state index contributed by atoms with van der Waals surface area (Å²) in [5.74, 6) is 0.286. The van der Waals surface area contributed by atoms with Gasteiger partial charge in [-0.1, -0.05) is 31.4 Å². The maximum absolute atomic E-state index is 13.1. The van der Waals surface area contributed by atoms with E-state index in [1.165, 1.54) is 16.4 Å². The summed E-state index contributed by atoms with van der Waals surface area (Å²) in [7, 11) is -2.30. The lowest BCUT2D eigenvalue weighted by Crippen LogP contribution is -2.73. The highest BCUT2D eigenvalue weighted by molar-refractivity contribution is 8.01. The number of nitrogens with one attached hydrogen (secondary N) is 2. The summed E-state index contributed by atoms with van der Waals surface area (Å²) in [5.41, 5.74) is -0.607. The Morgan fingerprint density at radius 2 is 1.91 bits per heavy atom. The van der Waals surface area contributed by atoms with Crippen LogP contribution in [-0.4, -0.2) is 71.0 Å². The van der Waals surface area contributed by atoms with Crippen molar-refractivity contribution in [3.05, 3.63) is 32.0 Å². The number of thioether (sulfide) groups is 2. The van der Waals surface area contributed by atoms with Crippen molar-refractivity contribution in [2.45, 2.75) is 55.9 Å². The minimum Gasteiger partial charge on any atom is -0.515 e. The number of carbonyl (C=O) groups excluding carboxylic acids is 2. The molecule has 1 aromatic rings. The van der Waals surface area contributed by atoms with Crippen molar-refractivity contribution in [2.75, 3.05) is 11.5 Å². The molecule has 176 valence electrons. The van der Waals surface area contributed by atoms with Gasteiger partial charge < -0.3 is 9.41 Å². The van der Waals surface area contributed by atoms with Gasteiger partial charge in [0, 0.05) is 18.6 Å². The molecular formula is C18H29N5O5S2Si2. The van der Waals surface area contributed by atoms with Gasteiger partial charge in [-0.05, 0) is 25.2 Å². The molecule has 0 bridgehead atoms. The Labute approximate surface area is 196 Å². The smallest absolute Gasteiger partial charge is 0.341 e. The fraction of sp³-hybridized carbons (Fsp3) is 0.611. The van der Waals surface area contributed by atoms with Crippen LogP contribution in [0.25, 0.3) is 0 Å². The number of rotatable bonds is 7. The monoisotopic (exact) mass is 515 g/mol. The number of H-pyrrole nitrogens is 1. The predicted molar refractivity (Wildman–Crippen MR) is 131 cm³/mol. The van der Waals surface area contributed by atoms with E-state index in [1.54, 1.807) is 23.7 Å². The number of hydrogen-bond donors (Lipinski definition) is 2. The fourth-order valence-electron chi connectivity index (χ4n) is 3.32. The average Bonchev–Trinajstić information content (AvgIpc) is 2.65. The molecule has 3 rings (SSSR count). The summed E-state index contributed by atoms with van der Waals surface area (Å²) in [6.07, 6.45) is 0. The van der Waals surface area contributed by atoms with Crippen LogP contribution in [0.4, 0.5) is 0 Å². The molecule has 10 nitrogen and oxygen atoms in total. The van der Waals surface area contributed by atoms with Crippen LogP contribution in [0, 0.1) is 0 Å². The molecule has 0 aliphatic carbocycles. The van der Waals surface area contributed by atoms with E-state index in [2.05, 4.69) is 34.7 Å². The molecule has 0 aromatic carbocycles. The molecular weight excluding hydrogens is 487 g/mol. The Kier molecular flexibility index (Phi) is 7.01. The molecule has 0 spiro atoms. The van der Waals surface area contributed by atoms with E-state index in [0.29, 0.717) is 22.4 Å². The van der Waals surface area contributed by atoms with Gasteiger partial charge in [0.15, 0.2) is 5.16 Å². The summed E-state index contributed by atoms with van der Waals surface area (Å²) in [5, 5.41) is 2.58. The first-order chi connectivity index (χ1) is 14.7. The Morgan fingerprint density at radius 3 is 2.50 bits per heavy atom. The minimum atomic E-state index is -2.19. The lowest BCUT2D eigenvalue weighted by Gasteiger charge is -2.51. The summed E-state index contributed by atoms with van der Waals surface area (Å²) in [6.45, 7) is 12.2. The van der Waals surface area contributed by atoms with Crippen LogP contribution >= 0.6 is 23.5 Å². The lowest BCUT2D eigenvalue weighted by molar-refractivity contribution is -0.147. The molecule has 32 heavy (non-hydrogen) atoms. The number of nitrogens with zero attached hydrogens (tertiary/aromatic N) is 3. The van der Waals surface area contributed by atoms with E-state index < -0.39 is 33.6 Å². The molecule has 1 saturated heterocycles. The third kappa shape index (κ3) is 5.47. The number of fused-ring (bicyclic) bond motifs is 1. The van der Waals surface area contributed by atoms with Crippen molar-refractivity contribution < 1.29 is 14.0 Å². The minimum absolute atomic E-state index is 0.121. The van der Waals surface area contributed by atoms with E-state index in [9.17, 15) is 19.2 Å². The summed E-state index contributed by atoms with van der Waals surface area (Å²) < 4.78 is 7.13. The van der Waals surface area contributed by atoms with Gasteiger partial charge in [0.05, 0.1) is 0 Å². The SMILES string of the molecule is Cn1[nH]c(=O)c(=O)nc1SCC1=C(C(=O)O[Si](C)(C)C)N2C(=O)[C@@H](N[Si](C)(C)C)[C@H]2SC1. The fourth-order valence-corrected chi connectivity index (χ4v) is 7.71. The number of aromatic nitrogens is 3. The van der Waals surface area contributed by atoms with Gasteiger partial charge in [-0.15, -0.1) is 11.8 Å². The zero-order chi connectivity index (χ0) is 24.0. The molecule has 2 N–H and O–H groups in total. The molecule has 2 aliphatic rings. The van der Waals surface area contributed by atoms with Crippen LogP contribution in [0.2, 0.25) is 39.3 Å². The molecule has 2 atom stereocenters. The van der Waals surface area contributed by atoms with E-state index in [4.69, 9.17) is 4.43 Å². The molecule has 1 amide bonds. The van der Waals surface area contributed by atoms with Gasteiger partial charge in [-0.2, -0.15) is 4.98 Å². The van der Waals surface area contributed by atoms with E-state index in [-0.39, 0.29) is 17.3 Å². The van der Waals surface area contributed by atoms with Crippen molar-refractivity contribution in [3.8, 4) is 0 Å². The van der Waals surface area contributed by atoms with Gasteiger partial charge in [-0.3, -0.25) is 29.1 Å². The molecule has 1 aromatic heterocycles. The Balaban J connectivity index is 1.91. The van der Waals surface area contributed by atoms with Crippen molar-refractivity contribution in [1.29, 1.82) is 0 Å². The van der Waals surface area contributed by atoms with E-state index in [1.807, 2.05) is 19.6 Å². The first-order valence-electron chi connectivity index (χ1n) is 10.2. The second-order valence-electron chi connectivity index (χ2n) is 9.72. The zero-order valence-corrected chi connectivity index (χ0v) is 22.9. The number of carbonyl (C=O) groups is 2. The van der Waals surface area contributed by atoms with Crippen LogP contribution < -0.4 is 16.1 Å². The van der Waals surface area contributed by atoms with Gasteiger partial charge >= 0.3 is 17.1 Å². The highest BCUT2D eigenvalue weighted by Crippen LogP contribution is 2.42. The lowest BCUT2D eigenvalue weighted by atomic mass is 10.0. The Hall–Kier alpha value is -1.62. The predicted octanol–water partition coefficient (Wildman–Crippen LogP) is 0.901. The second kappa shape index (κ2) is 8.97. The summed E-state index contributed by atoms with van der Waals surface area (Å²) >= 11 is 2.83. The van der Waals surface area contributed by atoms with Crippen LogP contribution in [0.15, 0.2) is 26.0 Å². The average molecular weight is 516 g/mol. The Bertz CT molecular complexity index is 1090. The van der Waals surface area contributed by atoms with Gasteiger partial charge in [0.2, 0.25) is 14.2 Å². The number of hydrogen-bond acceptors (Lipinski definition) is 9. The highest BCUT2D eigenvalue weighted by Gasteiger charge is 2.54. The summed E-state index contributed by atoms with van der Waals surface area (Å²) in [6, 6.07) is -0.308. The van der Waals surface area contributed by atoms with Crippen LogP contribution in [0.3, 0.4) is 0 Å². The highest BCUT2D eigenvalue weighted by atomic mass is 32.2. The van der Waals surface area contributed by atoms with Crippen LogP contribution in [0.1, 0.15) is 0 Å². The normalized spacial score (nSPS) is 21.3. The van der Waals surface area contributed by atoms with Crippen molar-refractivity contribution in [1.82, 2.24) is 24.6 Å². The van der Waals surface area contributed by atoms with Gasteiger partial charge in [-0.25, -0.2) is 4.79 Å². The number of aryl methyl sites for hydroxylation is 1. The van der Waals surface area contributed by atoms with E-state index >= 15 is 0 Å². The topological polar surface area (TPSA) is 126 Å². The third-order valence-corrected chi connectivity index (χ3v) is 8.98. The molecule has 0 saturated carbocycles. The molecule has 2 aliphatic heterocycles. The third-order valence-electron chi connectivity index (χ3n) is 4.55. The molecule has 0 radical (unpaired) electrons. The van der Waals surface area contributed by atoms with Crippen LogP contribution in [-0.2, 0) is 21.1 Å². The van der Waals surface area contributed by atoms with Gasteiger partial charge in [0.1, 0.15) is 25.3 Å². The zero-order valence-electron chi connectivity index (χ0n) is 19.3.